The first-order valence-corrected chi connectivity index (χ1v) is 9.51. The summed E-state index contributed by atoms with van der Waals surface area (Å²) in [4.78, 5) is 26.2. The van der Waals surface area contributed by atoms with Crippen LogP contribution in [0.5, 0.6) is 0 Å². The molecule has 7 heteroatoms. The van der Waals surface area contributed by atoms with E-state index in [4.69, 9.17) is 28.2 Å². The summed E-state index contributed by atoms with van der Waals surface area (Å²) in [5.41, 5.74) is 3.15. The standard InChI is InChI=1S/C20H18Cl2N4O/c1-13-19(24-18-5-3-2-4-17(18)23-13)25-8-10-26(11-9-25)20(27)15-7-6-14(21)12-16(15)22/h2-7,12H,8-11H2,1H3. The highest BCUT2D eigenvalue weighted by Gasteiger charge is 2.25. The predicted octanol–water partition coefficient (Wildman–Crippen LogP) is 4.21. The molecule has 1 aliphatic rings. The van der Waals surface area contributed by atoms with Crippen molar-refractivity contribution in [3.05, 3.63) is 63.8 Å². The summed E-state index contributed by atoms with van der Waals surface area (Å²) in [5.74, 6) is 0.808. The highest BCUT2D eigenvalue weighted by atomic mass is 35.5. The van der Waals surface area contributed by atoms with Crippen LogP contribution in [0.25, 0.3) is 11.0 Å². The SMILES string of the molecule is Cc1nc2ccccc2nc1N1CCN(C(=O)c2ccc(Cl)cc2Cl)CC1. The summed E-state index contributed by atoms with van der Waals surface area (Å²) in [6.45, 7) is 4.58. The molecule has 138 valence electrons. The third kappa shape index (κ3) is 3.57. The lowest BCUT2D eigenvalue weighted by molar-refractivity contribution is 0.0746. The Labute approximate surface area is 167 Å². The van der Waals surface area contributed by atoms with E-state index in [0.717, 1.165) is 22.5 Å². The third-order valence-electron chi connectivity index (χ3n) is 4.75. The number of anilines is 1. The quantitative estimate of drug-likeness (QED) is 0.646. The lowest BCUT2D eigenvalue weighted by Gasteiger charge is -2.36. The molecule has 0 spiro atoms. The van der Waals surface area contributed by atoms with Crippen LogP contribution in [-0.2, 0) is 0 Å². The number of rotatable bonds is 2. The van der Waals surface area contributed by atoms with Crippen molar-refractivity contribution in [1.82, 2.24) is 14.9 Å². The van der Waals surface area contributed by atoms with Crippen LogP contribution in [0.2, 0.25) is 10.0 Å². The summed E-state index contributed by atoms with van der Waals surface area (Å²) in [6, 6.07) is 12.8. The Bertz CT molecular complexity index is 1020. The van der Waals surface area contributed by atoms with Gasteiger partial charge in [0, 0.05) is 31.2 Å². The molecule has 0 N–H and O–H groups in total. The van der Waals surface area contributed by atoms with Gasteiger partial charge < -0.3 is 9.80 Å². The number of carbonyl (C=O) groups is 1. The van der Waals surface area contributed by atoms with Crippen LogP contribution in [0, 0.1) is 6.92 Å². The van der Waals surface area contributed by atoms with Crippen LogP contribution in [0.4, 0.5) is 5.82 Å². The van der Waals surface area contributed by atoms with E-state index in [9.17, 15) is 4.79 Å². The van der Waals surface area contributed by atoms with Gasteiger partial charge in [-0.2, -0.15) is 0 Å². The number of hydrogen-bond acceptors (Lipinski definition) is 4. The first-order chi connectivity index (χ1) is 13.0. The molecular formula is C20H18Cl2N4O. The molecule has 1 amide bonds. The van der Waals surface area contributed by atoms with Gasteiger partial charge in [-0.15, -0.1) is 0 Å². The molecule has 3 aromatic rings. The number of fused-ring (bicyclic) bond motifs is 1. The number of hydrogen-bond donors (Lipinski definition) is 0. The minimum atomic E-state index is -0.0716. The van der Waals surface area contributed by atoms with Crippen molar-refractivity contribution >= 4 is 46.0 Å². The molecule has 0 aliphatic carbocycles. The van der Waals surface area contributed by atoms with Gasteiger partial charge in [0.1, 0.15) is 0 Å². The summed E-state index contributed by atoms with van der Waals surface area (Å²) < 4.78 is 0. The Kier molecular flexibility index (Phi) is 4.89. The van der Waals surface area contributed by atoms with Crippen molar-refractivity contribution in [3.63, 3.8) is 0 Å². The largest absolute Gasteiger partial charge is 0.352 e. The first kappa shape index (κ1) is 18.0. The van der Waals surface area contributed by atoms with Crippen LogP contribution >= 0.6 is 23.2 Å². The van der Waals surface area contributed by atoms with Crippen molar-refractivity contribution in [1.29, 1.82) is 0 Å². The van der Waals surface area contributed by atoms with E-state index in [2.05, 4.69) is 9.88 Å². The minimum Gasteiger partial charge on any atom is -0.352 e. The molecule has 0 bridgehead atoms. The molecule has 1 aromatic heterocycles. The molecule has 0 unspecified atom stereocenters. The fraction of sp³-hybridized carbons (Fsp3) is 0.250. The summed E-state index contributed by atoms with van der Waals surface area (Å²) >= 11 is 12.1. The number of amides is 1. The Morgan fingerprint density at radius 3 is 2.30 bits per heavy atom. The van der Waals surface area contributed by atoms with E-state index in [1.807, 2.05) is 36.1 Å². The van der Waals surface area contributed by atoms with Gasteiger partial charge in [-0.1, -0.05) is 35.3 Å². The normalized spacial score (nSPS) is 14.6. The Morgan fingerprint density at radius 1 is 0.963 bits per heavy atom. The fourth-order valence-electron chi connectivity index (χ4n) is 3.33. The molecule has 1 fully saturated rings. The molecule has 0 atom stereocenters. The zero-order valence-corrected chi connectivity index (χ0v) is 16.3. The maximum absolute atomic E-state index is 12.8. The minimum absolute atomic E-state index is 0.0716. The lowest BCUT2D eigenvalue weighted by atomic mass is 10.1. The Hall–Kier alpha value is -2.37. The molecule has 27 heavy (non-hydrogen) atoms. The maximum Gasteiger partial charge on any atom is 0.255 e. The summed E-state index contributed by atoms with van der Waals surface area (Å²) in [5, 5.41) is 0.901. The molecule has 4 rings (SSSR count). The maximum atomic E-state index is 12.8. The summed E-state index contributed by atoms with van der Waals surface area (Å²) in [6.07, 6.45) is 0. The highest BCUT2D eigenvalue weighted by molar-refractivity contribution is 6.36. The lowest BCUT2D eigenvalue weighted by Crippen LogP contribution is -2.49. The van der Waals surface area contributed by atoms with Crippen molar-refractivity contribution in [3.8, 4) is 0 Å². The molecule has 1 aliphatic heterocycles. The van der Waals surface area contributed by atoms with E-state index in [1.54, 1.807) is 18.2 Å². The van der Waals surface area contributed by atoms with Crippen molar-refractivity contribution in [2.45, 2.75) is 6.92 Å². The van der Waals surface area contributed by atoms with Gasteiger partial charge in [-0.05, 0) is 37.3 Å². The van der Waals surface area contributed by atoms with Crippen LogP contribution in [0.1, 0.15) is 16.1 Å². The Balaban J connectivity index is 1.50. The number of benzene rings is 2. The number of aryl methyl sites for hydroxylation is 1. The number of nitrogens with zero attached hydrogens (tertiary/aromatic N) is 4. The van der Waals surface area contributed by atoms with Crippen molar-refractivity contribution < 1.29 is 4.79 Å². The molecular weight excluding hydrogens is 383 g/mol. The number of carbonyl (C=O) groups excluding carboxylic acids is 1. The monoisotopic (exact) mass is 400 g/mol. The number of para-hydroxylation sites is 2. The van der Waals surface area contributed by atoms with Crippen molar-refractivity contribution in [2.75, 3.05) is 31.1 Å². The van der Waals surface area contributed by atoms with Gasteiger partial charge in [0.2, 0.25) is 0 Å². The van der Waals surface area contributed by atoms with Gasteiger partial charge in [0.25, 0.3) is 5.91 Å². The molecule has 0 radical (unpaired) electrons. The molecule has 2 aromatic carbocycles. The van der Waals surface area contributed by atoms with Gasteiger partial charge in [0.05, 0.1) is 27.3 Å². The van der Waals surface area contributed by atoms with Gasteiger partial charge in [-0.3, -0.25) is 4.79 Å². The van der Waals surface area contributed by atoms with E-state index in [0.29, 0.717) is 41.8 Å². The topological polar surface area (TPSA) is 49.3 Å². The van der Waals surface area contributed by atoms with E-state index >= 15 is 0 Å². The number of halogens is 2. The van der Waals surface area contributed by atoms with Crippen LogP contribution < -0.4 is 4.90 Å². The molecule has 0 saturated carbocycles. The zero-order chi connectivity index (χ0) is 19.0. The predicted molar refractivity (Wildman–Crippen MR) is 109 cm³/mol. The molecule has 2 heterocycles. The van der Waals surface area contributed by atoms with Crippen LogP contribution in [0.3, 0.4) is 0 Å². The second kappa shape index (κ2) is 7.33. The fourth-order valence-corrected chi connectivity index (χ4v) is 3.82. The van der Waals surface area contributed by atoms with Crippen molar-refractivity contribution in [2.24, 2.45) is 0 Å². The highest BCUT2D eigenvalue weighted by Crippen LogP contribution is 2.24. The average molecular weight is 401 g/mol. The third-order valence-corrected chi connectivity index (χ3v) is 5.30. The number of aromatic nitrogens is 2. The zero-order valence-electron chi connectivity index (χ0n) is 14.8. The van der Waals surface area contributed by atoms with E-state index < -0.39 is 0 Å². The summed E-state index contributed by atoms with van der Waals surface area (Å²) in [7, 11) is 0. The molecule has 5 nitrogen and oxygen atoms in total. The van der Waals surface area contributed by atoms with Gasteiger partial charge in [-0.25, -0.2) is 9.97 Å². The number of piperazine rings is 1. The second-order valence-corrected chi connectivity index (χ2v) is 7.37. The van der Waals surface area contributed by atoms with Gasteiger partial charge in [0.15, 0.2) is 5.82 Å². The van der Waals surface area contributed by atoms with Gasteiger partial charge >= 0.3 is 0 Å². The average Bonchev–Trinajstić information content (AvgIpc) is 2.67. The van der Waals surface area contributed by atoms with E-state index in [1.165, 1.54) is 0 Å². The Morgan fingerprint density at radius 2 is 1.63 bits per heavy atom. The molecule has 1 saturated heterocycles. The first-order valence-electron chi connectivity index (χ1n) is 8.75. The second-order valence-electron chi connectivity index (χ2n) is 6.52. The van der Waals surface area contributed by atoms with E-state index in [-0.39, 0.29) is 5.91 Å². The van der Waals surface area contributed by atoms with Crippen LogP contribution in [0.15, 0.2) is 42.5 Å². The van der Waals surface area contributed by atoms with Crippen LogP contribution in [-0.4, -0.2) is 47.0 Å². The smallest absolute Gasteiger partial charge is 0.255 e.